The molecule has 0 unspecified atom stereocenters. The van der Waals surface area contributed by atoms with Gasteiger partial charge in [0.05, 0.1) is 12.2 Å². The fourth-order valence-corrected chi connectivity index (χ4v) is 3.05. The number of carbonyl (C=O) groups is 1. The van der Waals surface area contributed by atoms with Crippen molar-refractivity contribution in [3.05, 3.63) is 65.2 Å². The normalized spacial score (nSPS) is 16.9. The van der Waals surface area contributed by atoms with Crippen LogP contribution in [0.15, 0.2) is 48.5 Å². The fraction of sp³-hybridized carbons (Fsp3) is 0.350. The van der Waals surface area contributed by atoms with Crippen LogP contribution in [0.5, 0.6) is 0 Å². The highest BCUT2D eigenvalue weighted by molar-refractivity contribution is 5.84. The van der Waals surface area contributed by atoms with Gasteiger partial charge in [0.2, 0.25) is 0 Å². The summed E-state index contributed by atoms with van der Waals surface area (Å²) in [5, 5.41) is 5.97. The summed E-state index contributed by atoms with van der Waals surface area (Å²) < 4.78 is 42.6. The molecule has 2 N–H and O–H groups in total. The monoisotopic (exact) mass is 378 g/mol. The Hall–Kier alpha value is -2.54. The van der Waals surface area contributed by atoms with Gasteiger partial charge in [-0.15, -0.1) is 0 Å². The van der Waals surface area contributed by atoms with Crippen LogP contribution in [0, 0.1) is 0 Å². The number of hydrogen-bond donors (Lipinski definition) is 2. The van der Waals surface area contributed by atoms with Gasteiger partial charge in [0, 0.05) is 18.7 Å². The highest BCUT2D eigenvalue weighted by Gasteiger charge is 2.29. The van der Waals surface area contributed by atoms with Gasteiger partial charge in [0.15, 0.2) is 0 Å². The Morgan fingerprint density at radius 3 is 2.41 bits per heavy atom. The summed E-state index contributed by atoms with van der Waals surface area (Å²) in [6.07, 6.45) is -3.48. The van der Waals surface area contributed by atoms with Gasteiger partial charge in [-0.3, -0.25) is 5.32 Å². The van der Waals surface area contributed by atoms with Crippen molar-refractivity contribution >= 4 is 11.8 Å². The average Bonchev–Trinajstić information content (AvgIpc) is 3.17. The van der Waals surface area contributed by atoms with Crippen LogP contribution >= 0.6 is 0 Å². The molecule has 4 nitrogen and oxygen atoms in total. The van der Waals surface area contributed by atoms with Crippen LogP contribution in [0.3, 0.4) is 0 Å². The molecule has 2 aromatic rings. The van der Waals surface area contributed by atoms with E-state index in [4.69, 9.17) is 4.74 Å². The van der Waals surface area contributed by atoms with Gasteiger partial charge in [-0.2, -0.15) is 13.2 Å². The third-order valence-electron chi connectivity index (χ3n) is 4.59. The largest absolute Gasteiger partial charge is 0.449 e. The third-order valence-corrected chi connectivity index (χ3v) is 4.59. The number of benzene rings is 2. The van der Waals surface area contributed by atoms with E-state index < -0.39 is 17.8 Å². The topological polar surface area (TPSA) is 50.4 Å². The number of nitrogens with one attached hydrogen (secondary N) is 2. The summed E-state index contributed by atoms with van der Waals surface area (Å²) in [6.45, 7) is 2.08. The van der Waals surface area contributed by atoms with Crippen LogP contribution in [0.1, 0.15) is 29.0 Å². The molecule has 1 heterocycles. The minimum atomic E-state index is -4.35. The summed E-state index contributed by atoms with van der Waals surface area (Å²) in [5.41, 5.74) is 1.86. The minimum Gasteiger partial charge on any atom is -0.449 e. The molecule has 1 amide bonds. The Morgan fingerprint density at radius 1 is 1.11 bits per heavy atom. The minimum absolute atomic E-state index is 0.0863. The first-order valence-electron chi connectivity index (χ1n) is 8.82. The first-order valence-corrected chi connectivity index (χ1v) is 8.82. The number of anilines is 1. The second kappa shape index (κ2) is 8.43. The highest BCUT2D eigenvalue weighted by atomic mass is 19.4. The molecule has 1 aliphatic heterocycles. The summed E-state index contributed by atoms with van der Waals surface area (Å²) in [4.78, 5) is 11.8. The van der Waals surface area contributed by atoms with E-state index in [9.17, 15) is 18.0 Å². The third kappa shape index (κ3) is 5.47. The molecular formula is C20H21F3N2O2. The molecule has 0 radical (unpaired) electrons. The molecule has 144 valence electrons. The second-order valence-electron chi connectivity index (χ2n) is 6.52. The Morgan fingerprint density at radius 2 is 1.81 bits per heavy atom. The lowest BCUT2D eigenvalue weighted by molar-refractivity contribution is -0.137. The van der Waals surface area contributed by atoms with Gasteiger partial charge in [-0.05, 0) is 54.3 Å². The Kier molecular flexibility index (Phi) is 6.01. The summed E-state index contributed by atoms with van der Waals surface area (Å²) >= 11 is 0. The molecule has 1 atom stereocenters. The molecule has 1 saturated heterocycles. The van der Waals surface area contributed by atoms with Crippen molar-refractivity contribution in [1.29, 1.82) is 0 Å². The smallest absolute Gasteiger partial charge is 0.416 e. The van der Waals surface area contributed by atoms with Gasteiger partial charge in [-0.25, -0.2) is 4.79 Å². The number of alkyl halides is 3. The lowest BCUT2D eigenvalue weighted by Crippen LogP contribution is -2.15. The molecule has 1 fully saturated rings. The number of rotatable bonds is 5. The molecule has 27 heavy (non-hydrogen) atoms. The zero-order valence-electron chi connectivity index (χ0n) is 14.7. The predicted molar refractivity (Wildman–Crippen MR) is 96.8 cm³/mol. The number of amides is 1. The van der Waals surface area contributed by atoms with Crippen molar-refractivity contribution in [2.45, 2.75) is 24.9 Å². The first-order chi connectivity index (χ1) is 12.9. The van der Waals surface area contributed by atoms with Gasteiger partial charge in [0.1, 0.15) is 0 Å². The van der Waals surface area contributed by atoms with Gasteiger partial charge < -0.3 is 10.1 Å². The quantitative estimate of drug-likeness (QED) is 0.801. The van der Waals surface area contributed by atoms with Crippen molar-refractivity contribution in [1.82, 2.24) is 5.32 Å². The van der Waals surface area contributed by atoms with Crippen LogP contribution in [0.25, 0.3) is 0 Å². The standard InChI is InChI=1S/C20H21F3N2O2/c21-20(22,23)17-5-1-14(2-6-17)10-12-27-19(26)25-18-7-3-15(4-8-18)16-9-11-24-13-16/h1-8,16,24H,9-13H2,(H,25,26)/t16-/m0/s1. The number of hydrogen-bond acceptors (Lipinski definition) is 3. The molecule has 2 aromatic carbocycles. The van der Waals surface area contributed by atoms with E-state index in [1.807, 2.05) is 24.3 Å². The molecule has 7 heteroatoms. The van der Waals surface area contributed by atoms with E-state index >= 15 is 0 Å². The Balaban J connectivity index is 1.43. The molecule has 1 aliphatic rings. The summed E-state index contributed by atoms with van der Waals surface area (Å²) in [5.74, 6) is 0.509. The molecule has 0 bridgehead atoms. The average molecular weight is 378 g/mol. The van der Waals surface area contributed by atoms with E-state index in [0.29, 0.717) is 23.6 Å². The number of halogens is 3. The zero-order valence-corrected chi connectivity index (χ0v) is 14.7. The SMILES string of the molecule is O=C(Nc1ccc([C@H]2CCNC2)cc1)OCCc1ccc(C(F)(F)F)cc1. The van der Waals surface area contributed by atoms with E-state index in [0.717, 1.165) is 31.6 Å². The Bertz CT molecular complexity index is 752. The maximum atomic E-state index is 12.5. The van der Waals surface area contributed by atoms with Crippen molar-refractivity contribution in [3.8, 4) is 0 Å². The summed E-state index contributed by atoms with van der Waals surface area (Å²) in [6, 6.07) is 12.5. The zero-order chi connectivity index (χ0) is 19.3. The maximum Gasteiger partial charge on any atom is 0.416 e. The molecule has 0 saturated carbocycles. The van der Waals surface area contributed by atoms with Gasteiger partial charge in [-0.1, -0.05) is 24.3 Å². The lowest BCUT2D eigenvalue weighted by atomic mass is 9.98. The van der Waals surface area contributed by atoms with Crippen LogP contribution in [-0.2, 0) is 17.3 Å². The van der Waals surface area contributed by atoms with E-state index in [1.165, 1.54) is 17.7 Å². The fourth-order valence-electron chi connectivity index (χ4n) is 3.05. The number of ether oxygens (including phenoxy) is 1. The molecular weight excluding hydrogens is 357 g/mol. The highest BCUT2D eigenvalue weighted by Crippen LogP contribution is 2.29. The van der Waals surface area contributed by atoms with Crippen LogP contribution in [-0.4, -0.2) is 25.8 Å². The predicted octanol–water partition coefficient (Wildman–Crippen LogP) is 4.57. The second-order valence-corrected chi connectivity index (χ2v) is 6.52. The van der Waals surface area contributed by atoms with Crippen LogP contribution < -0.4 is 10.6 Å². The van der Waals surface area contributed by atoms with Gasteiger partial charge in [0.25, 0.3) is 0 Å². The van der Waals surface area contributed by atoms with Crippen molar-refractivity contribution in [3.63, 3.8) is 0 Å². The van der Waals surface area contributed by atoms with Crippen molar-refractivity contribution in [2.24, 2.45) is 0 Å². The van der Waals surface area contributed by atoms with Gasteiger partial charge >= 0.3 is 12.3 Å². The summed E-state index contributed by atoms with van der Waals surface area (Å²) in [7, 11) is 0. The van der Waals surface area contributed by atoms with E-state index in [2.05, 4.69) is 10.6 Å². The molecule has 0 aromatic heterocycles. The van der Waals surface area contributed by atoms with Crippen LogP contribution in [0.4, 0.5) is 23.7 Å². The molecule has 0 spiro atoms. The van der Waals surface area contributed by atoms with Crippen molar-refractivity contribution in [2.75, 3.05) is 25.0 Å². The number of carbonyl (C=O) groups excluding carboxylic acids is 1. The Labute approximate surface area is 155 Å². The lowest BCUT2D eigenvalue weighted by Gasteiger charge is -2.11. The maximum absolute atomic E-state index is 12.5. The van der Waals surface area contributed by atoms with E-state index in [-0.39, 0.29) is 6.61 Å². The molecule has 3 rings (SSSR count). The molecule has 0 aliphatic carbocycles. The van der Waals surface area contributed by atoms with Crippen molar-refractivity contribution < 1.29 is 22.7 Å². The van der Waals surface area contributed by atoms with E-state index in [1.54, 1.807) is 0 Å². The first kappa shape index (κ1) is 19.2. The van der Waals surface area contributed by atoms with Crippen LogP contribution in [0.2, 0.25) is 0 Å².